The first kappa shape index (κ1) is 15.3. The van der Waals surface area contributed by atoms with E-state index in [0.29, 0.717) is 6.04 Å². The minimum atomic E-state index is 0.361. The Morgan fingerprint density at radius 2 is 1.85 bits per heavy atom. The fourth-order valence-electron chi connectivity index (χ4n) is 2.44. The van der Waals surface area contributed by atoms with Crippen molar-refractivity contribution >= 4 is 15.9 Å². The lowest BCUT2D eigenvalue weighted by Crippen LogP contribution is -2.23. The van der Waals surface area contributed by atoms with Crippen molar-refractivity contribution in [3.63, 3.8) is 0 Å². The van der Waals surface area contributed by atoms with Crippen LogP contribution in [0.15, 0.2) is 46.9 Å². The van der Waals surface area contributed by atoms with Crippen LogP contribution >= 0.6 is 15.9 Å². The highest BCUT2D eigenvalue weighted by atomic mass is 79.9. The lowest BCUT2D eigenvalue weighted by molar-refractivity contribution is 0.549. The van der Waals surface area contributed by atoms with Crippen LogP contribution in [0.5, 0.6) is 0 Å². The number of hydrogen-bond acceptors (Lipinski definition) is 1. The number of rotatable bonds is 5. The standard InChI is InChI=1S/C18H22BrN/c1-4-20-18(16-6-5-7-17(19)12-16)11-15-9-8-13(2)14(3)10-15/h5-10,12,18,20H,4,11H2,1-3H3. The van der Waals surface area contributed by atoms with Gasteiger partial charge in [-0.2, -0.15) is 0 Å². The Bertz CT molecular complexity index is 577. The van der Waals surface area contributed by atoms with Crippen molar-refractivity contribution in [2.24, 2.45) is 0 Å². The maximum atomic E-state index is 3.59. The lowest BCUT2D eigenvalue weighted by atomic mass is 9.96. The van der Waals surface area contributed by atoms with Crippen LogP contribution in [-0.2, 0) is 6.42 Å². The van der Waals surface area contributed by atoms with E-state index >= 15 is 0 Å². The van der Waals surface area contributed by atoms with E-state index in [9.17, 15) is 0 Å². The van der Waals surface area contributed by atoms with Gasteiger partial charge in [0.1, 0.15) is 0 Å². The van der Waals surface area contributed by atoms with Gasteiger partial charge in [-0.05, 0) is 61.2 Å². The van der Waals surface area contributed by atoms with Gasteiger partial charge in [-0.1, -0.05) is 53.2 Å². The maximum absolute atomic E-state index is 3.59. The summed E-state index contributed by atoms with van der Waals surface area (Å²) in [5.41, 5.74) is 5.45. The molecule has 0 aliphatic carbocycles. The third kappa shape index (κ3) is 3.94. The van der Waals surface area contributed by atoms with Crippen molar-refractivity contribution in [3.8, 4) is 0 Å². The Labute approximate surface area is 130 Å². The lowest BCUT2D eigenvalue weighted by Gasteiger charge is -2.19. The summed E-state index contributed by atoms with van der Waals surface area (Å²) in [6.45, 7) is 7.47. The molecule has 20 heavy (non-hydrogen) atoms. The number of nitrogens with one attached hydrogen (secondary N) is 1. The van der Waals surface area contributed by atoms with Crippen molar-refractivity contribution < 1.29 is 0 Å². The van der Waals surface area contributed by atoms with Gasteiger partial charge < -0.3 is 5.32 Å². The summed E-state index contributed by atoms with van der Waals surface area (Å²) in [7, 11) is 0. The molecule has 0 saturated carbocycles. The summed E-state index contributed by atoms with van der Waals surface area (Å²) in [4.78, 5) is 0. The predicted octanol–water partition coefficient (Wildman–Crippen LogP) is 4.96. The molecule has 0 radical (unpaired) electrons. The van der Waals surface area contributed by atoms with Gasteiger partial charge in [0, 0.05) is 10.5 Å². The van der Waals surface area contributed by atoms with E-state index in [1.165, 1.54) is 22.3 Å². The van der Waals surface area contributed by atoms with Crippen molar-refractivity contribution in [1.29, 1.82) is 0 Å². The maximum Gasteiger partial charge on any atom is 0.0361 e. The Balaban J connectivity index is 2.22. The number of benzene rings is 2. The molecule has 0 saturated heterocycles. The number of likely N-dealkylation sites (N-methyl/N-ethyl adjacent to an activating group) is 1. The Kier molecular flexibility index (Phi) is 5.38. The van der Waals surface area contributed by atoms with Crippen LogP contribution < -0.4 is 5.32 Å². The van der Waals surface area contributed by atoms with E-state index in [2.05, 4.69) is 84.5 Å². The van der Waals surface area contributed by atoms with Crippen LogP contribution in [0.25, 0.3) is 0 Å². The third-order valence-electron chi connectivity index (χ3n) is 3.71. The molecule has 2 aromatic carbocycles. The molecule has 0 amide bonds. The van der Waals surface area contributed by atoms with Gasteiger partial charge >= 0.3 is 0 Å². The van der Waals surface area contributed by atoms with Gasteiger partial charge in [0.15, 0.2) is 0 Å². The quantitative estimate of drug-likeness (QED) is 0.816. The third-order valence-corrected chi connectivity index (χ3v) is 4.21. The number of halogens is 1. The predicted molar refractivity (Wildman–Crippen MR) is 90.2 cm³/mol. The van der Waals surface area contributed by atoms with Gasteiger partial charge in [0.2, 0.25) is 0 Å². The summed E-state index contributed by atoms with van der Waals surface area (Å²) in [6.07, 6.45) is 1.02. The summed E-state index contributed by atoms with van der Waals surface area (Å²) >= 11 is 3.56. The van der Waals surface area contributed by atoms with Crippen LogP contribution in [0.4, 0.5) is 0 Å². The van der Waals surface area contributed by atoms with Gasteiger partial charge in [0.05, 0.1) is 0 Å². The average molecular weight is 332 g/mol. The zero-order valence-electron chi connectivity index (χ0n) is 12.4. The monoisotopic (exact) mass is 331 g/mol. The second-order valence-electron chi connectivity index (χ2n) is 5.29. The molecule has 1 N–H and O–H groups in total. The molecule has 0 aromatic heterocycles. The molecule has 2 aromatic rings. The fraction of sp³-hybridized carbons (Fsp3) is 0.333. The SMILES string of the molecule is CCNC(Cc1ccc(C)c(C)c1)c1cccc(Br)c1. The molecular formula is C18H22BrN. The van der Waals surface area contributed by atoms with Gasteiger partial charge in [-0.3, -0.25) is 0 Å². The van der Waals surface area contributed by atoms with Crippen molar-refractivity contribution in [2.75, 3.05) is 6.54 Å². The van der Waals surface area contributed by atoms with E-state index in [4.69, 9.17) is 0 Å². The zero-order chi connectivity index (χ0) is 14.5. The minimum Gasteiger partial charge on any atom is -0.310 e. The van der Waals surface area contributed by atoms with Gasteiger partial charge in [-0.25, -0.2) is 0 Å². The Morgan fingerprint density at radius 1 is 1.05 bits per heavy atom. The van der Waals surface area contributed by atoms with Gasteiger partial charge in [0.25, 0.3) is 0 Å². The number of aryl methyl sites for hydroxylation is 2. The summed E-state index contributed by atoms with van der Waals surface area (Å²) in [5.74, 6) is 0. The molecule has 0 bridgehead atoms. The second-order valence-corrected chi connectivity index (χ2v) is 6.20. The largest absolute Gasteiger partial charge is 0.310 e. The smallest absolute Gasteiger partial charge is 0.0361 e. The summed E-state index contributed by atoms with van der Waals surface area (Å²) in [5, 5.41) is 3.59. The van der Waals surface area contributed by atoms with Crippen LogP contribution in [0.3, 0.4) is 0 Å². The molecular weight excluding hydrogens is 310 g/mol. The van der Waals surface area contributed by atoms with Crippen LogP contribution in [0.2, 0.25) is 0 Å². The van der Waals surface area contributed by atoms with Gasteiger partial charge in [-0.15, -0.1) is 0 Å². The van der Waals surface area contributed by atoms with Crippen LogP contribution in [-0.4, -0.2) is 6.54 Å². The first-order chi connectivity index (χ1) is 9.60. The topological polar surface area (TPSA) is 12.0 Å². The second kappa shape index (κ2) is 7.05. The molecule has 1 nitrogen and oxygen atoms in total. The minimum absolute atomic E-state index is 0.361. The van der Waals surface area contributed by atoms with E-state index in [0.717, 1.165) is 17.4 Å². The van der Waals surface area contributed by atoms with E-state index in [-0.39, 0.29) is 0 Å². The Morgan fingerprint density at radius 3 is 2.50 bits per heavy atom. The Hall–Kier alpha value is -1.12. The molecule has 1 atom stereocenters. The fourth-order valence-corrected chi connectivity index (χ4v) is 2.86. The molecule has 0 fully saturated rings. The highest BCUT2D eigenvalue weighted by Gasteiger charge is 2.11. The molecule has 1 unspecified atom stereocenters. The highest BCUT2D eigenvalue weighted by molar-refractivity contribution is 9.10. The first-order valence-electron chi connectivity index (χ1n) is 7.15. The molecule has 0 aliphatic heterocycles. The molecule has 0 spiro atoms. The average Bonchev–Trinajstić information content (AvgIpc) is 2.42. The molecule has 0 heterocycles. The molecule has 2 heteroatoms. The van der Waals surface area contributed by atoms with E-state index < -0.39 is 0 Å². The molecule has 2 rings (SSSR count). The van der Waals surface area contributed by atoms with E-state index in [1.54, 1.807) is 0 Å². The van der Waals surface area contributed by atoms with Crippen molar-refractivity contribution in [1.82, 2.24) is 5.32 Å². The summed E-state index contributed by atoms with van der Waals surface area (Å²) < 4.78 is 1.14. The van der Waals surface area contributed by atoms with Crippen LogP contribution in [0.1, 0.15) is 35.2 Å². The molecule has 0 aliphatic rings. The van der Waals surface area contributed by atoms with E-state index in [1.807, 2.05) is 0 Å². The highest BCUT2D eigenvalue weighted by Crippen LogP contribution is 2.22. The number of hydrogen-bond donors (Lipinski definition) is 1. The van der Waals surface area contributed by atoms with Crippen LogP contribution in [0, 0.1) is 13.8 Å². The van der Waals surface area contributed by atoms with Crippen molar-refractivity contribution in [3.05, 3.63) is 69.2 Å². The normalized spacial score (nSPS) is 12.4. The molecule has 106 valence electrons. The van der Waals surface area contributed by atoms with Crippen molar-refractivity contribution in [2.45, 2.75) is 33.2 Å². The zero-order valence-corrected chi connectivity index (χ0v) is 14.0. The first-order valence-corrected chi connectivity index (χ1v) is 7.94. The summed E-state index contributed by atoms with van der Waals surface area (Å²) in [6, 6.07) is 15.7.